The van der Waals surface area contributed by atoms with Crippen molar-refractivity contribution < 1.29 is 4.79 Å². The van der Waals surface area contributed by atoms with Gasteiger partial charge in [0.15, 0.2) is 5.69 Å². The van der Waals surface area contributed by atoms with Gasteiger partial charge in [-0.3, -0.25) is 14.6 Å². The number of carbonyl (C=O) groups is 1. The van der Waals surface area contributed by atoms with Gasteiger partial charge in [0.1, 0.15) is 5.82 Å². The maximum Gasteiger partial charge on any atom is 0.277 e. The van der Waals surface area contributed by atoms with Crippen molar-refractivity contribution in [3.63, 3.8) is 0 Å². The Hall–Kier alpha value is -1.86. The highest BCUT2D eigenvalue weighted by Crippen LogP contribution is 2.28. The van der Waals surface area contributed by atoms with E-state index in [0.717, 1.165) is 55.0 Å². The Morgan fingerprint density at radius 1 is 1.27 bits per heavy atom. The fourth-order valence-electron chi connectivity index (χ4n) is 3.26. The standard InChI is InChI=1S/C14H18N6O.ClH/c1-20-13(8-3-2-4-11(8)19-20)16-14(21)12-9-7-15-6-5-10(9)17-18-12;/h15H,2-7H2,1H3,(H,16,21)(H,17,18);1H. The van der Waals surface area contributed by atoms with E-state index in [0.29, 0.717) is 12.2 Å². The first kappa shape index (κ1) is 15.1. The second-order valence-electron chi connectivity index (χ2n) is 5.66. The zero-order valence-corrected chi connectivity index (χ0v) is 13.2. The van der Waals surface area contributed by atoms with Crippen LogP contribution in [0.1, 0.15) is 39.4 Å². The molecule has 0 radical (unpaired) electrons. The Balaban J connectivity index is 0.00000144. The Morgan fingerprint density at radius 2 is 2.14 bits per heavy atom. The van der Waals surface area contributed by atoms with Crippen LogP contribution >= 0.6 is 12.4 Å². The maximum absolute atomic E-state index is 12.5. The lowest BCUT2D eigenvalue weighted by Crippen LogP contribution is -2.25. The van der Waals surface area contributed by atoms with Crippen LogP contribution in [0.25, 0.3) is 0 Å². The summed E-state index contributed by atoms with van der Waals surface area (Å²) in [5.41, 5.74) is 4.82. The van der Waals surface area contributed by atoms with E-state index in [-0.39, 0.29) is 18.3 Å². The van der Waals surface area contributed by atoms with E-state index < -0.39 is 0 Å². The first-order chi connectivity index (χ1) is 10.2. The molecule has 0 bridgehead atoms. The normalized spacial score (nSPS) is 15.9. The number of hydrogen-bond donors (Lipinski definition) is 3. The predicted molar refractivity (Wildman–Crippen MR) is 84.4 cm³/mol. The Bertz CT molecular complexity index is 719. The molecule has 0 spiro atoms. The third-order valence-electron chi connectivity index (χ3n) is 4.32. The summed E-state index contributed by atoms with van der Waals surface area (Å²) in [5.74, 6) is 0.655. The molecule has 0 atom stereocenters. The number of nitrogens with one attached hydrogen (secondary N) is 3. The fourth-order valence-corrected chi connectivity index (χ4v) is 3.26. The molecule has 1 aliphatic carbocycles. The summed E-state index contributed by atoms with van der Waals surface area (Å²) in [4.78, 5) is 12.5. The van der Waals surface area contributed by atoms with Gasteiger partial charge in [0.25, 0.3) is 5.91 Å². The summed E-state index contributed by atoms with van der Waals surface area (Å²) in [6.45, 7) is 1.61. The van der Waals surface area contributed by atoms with Crippen molar-refractivity contribution in [2.75, 3.05) is 11.9 Å². The zero-order chi connectivity index (χ0) is 14.4. The Morgan fingerprint density at radius 3 is 3.00 bits per heavy atom. The van der Waals surface area contributed by atoms with Gasteiger partial charge in [-0.1, -0.05) is 0 Å². The topological polar surface area (TPSA) is 87.6 Å². The van der Waals surface area contributed by atoms with E-state index in [4.69, 9.17) is 0 Å². The van der Waals surface area contributed by atoms with Gasteiger partial charge in [-0.05, 0) is 19.3 Å². The van der Waals surface area contributed by atoms with Crippen molar-refractivity contribution in [1.29, 1.82) is 0 Å². The van der Waals surface area contributed by atoms with Gasteiger partial charge in [0.2, 0.25) is 0 Å². The van der Waals surface area contributed by atoms with E-state index in [1.165, 1.54) is 5.56 Å². The number of aromatic amines is 1. The molecule has 118 valence electrons. The highest BCUT2D eigenvalue weighted by molar-refractivity contribution is 6.04. The van der Waals surface area contributed by atoms with Crippen LogP contribution in [0, 0.1) is 0 Å². The number of rotatable bonds is 2. The van der Waals surface area contributed by atoms with Crippen molar-refractivity contribution in [1.82, 2.24) is 25.3 Å². The van der Waals surface area contributed by atoms with Crippen LogP contribution in [0.3, 0.4) is 0 Å². The summed E-state index contributed by atoms with van der Waals surface area (Å²) >= 11 is 0. The predicted octanol–water partition coefficient (Wildman–Crippen LogP) is 0.952. The first-order valence-corrected chi connectivity index (χ1v) is 7.37. The van der Waals surface area contributed by atoms with Crippen LogP contribution in [0.5, 0.6) is 0 Å². The molecule has 2 aliphatic rings. The van der Waals surface area contributed by atoms with Gasteiger partial charge < -0.3 is 10.6 Å². The molecule has 0 unspecified atom stereocenters. The van der Waals surface area contributed by atoms with Crippen LogP contribution in [0.15, 0.2) is 0 Å². The van der Waals surface area contributed by atoms with E-state index in [9.17, 15) is 4.79 Å². The summed E-state index contributed by atoms with van der Waals surface area (Å²) in [7, 11) is 1.87. The first-order valence-electron chi connectivity index (χ1n) is 7.37. The lowest BCUT2D eigenvalue weighted by atomic mass is 10.1. The maximum atomic E-state index is 12.5. The molecule has 0 saturated heterocycles. The van der Waals surface area contributed by atoms with Crippen molar-refractivity contribution in [2.24, 2.45) is 7.05 Å². The average molecular weight is 323 g/mol. The summed E-state index contributed by atoms with van der Waals surface area (Å²) in [6.07, 6.45) is 3.99. The third-order valence-corrected chi connectivity index (χ3v) is 4.32. The van der Waals surface area contributed by atoms with Gasteiger partial charge in [-0.15, -0.1) is 12.4 Å². The Labute approximate surface area is 134 Å². The van der Waals surface area contributed by atoms with Gasteiger partial charge in [-0.25, -0.2) is 0 Å². The number of amides is 1. The van der Waals surface area contributed by atoms with Crippen molar-refractivity contribution in [2.45, 2.75) is 32.2 Å². The third kappa shape index (κ3) is 2.30. The molecule has 7 nitrogen and oxygen atoms in total. The number of halogens is 1. The lowest BCUT2D eigenvalue weighted by molar-refractivity contribution is 0.102. The van der Waals surface area contributed by atoms with E-state index in [2.05, 4.69) is 25.9 Å². The molecule has 0 aromatic carbocycles. The smallest absolute Gasteiger partial charge is 0.277 e. The molecule has 0 fully saturated rings. The number of aromatic nitrogens is 4. The number of hydrogen-bond acceptors (Lipinski definition) is 4. The van der Waals surface area contributed by atoms with Crippen LogP contribution in [0.4, 0.5) is 5.82 Å². The van der Waals surface area contributed by atoms with E-state index in [1.807, 2.05) is 7.05 Å². The largest absolute Gasteiger partial charge is 0.312 e. The second kappa shape index (κ2) is 5.73. The van der Waals surface area contributed by atoms with Gasteiger partial charge in [0.05, 0.1) is 5.69 Å². The molecule has 8 heteroatoms. The monoisotopic (exact) mass is 322 g/mol. The number of fused-ring (bicyclic) bond motifs is 2. The Kier molecular flexibility index (Phi) is 3.92. The van der Waals surface area contributed by atoms with Gasteiger partial charge in [-0.2, -0.15) is 10.2 Å². The SMILES string of the molecule is Cl.Cn1nc2c(c1NC(=O)c1n[nH]c3c1CNCC3)CCC2. The number of H-pyrrole nitrogens is 1. The quantitative estimate of drug-likeness (QED) is 0.768. The average Bonchev–Trinajstić information content (AvgIpc) is 3.15. The summed E-state index contributed by atoms with van der Waals surface area (Å²) in [6, 6.07) is 0. The van der Waals surface area contributed by atoms with Crippen molar-refractivity contribution in [3.8, 4) is 0 Å². The minimum Gasteiger partial charge on any atom is -0.312 e. The zero-order valence-electron chi connectivity index (χ0n) is 12.4. The number of carbonyl (C=O) groups excluding carboxylic acids is 1. The van der Waals surface area contributed by atoms with Crippen molar-refractivity contribution in [3.05, 3.63) is 28.2 Å². The minimum atomic E-state index is -0.158. The van der Waals surface area contributed by atoms with Gasteiger partial charge >= 0.3 is 0 Å². The lowest BCUT2D eigenvalue weighted by Gasteiger charge is -2.13. The molecule has 4 rings (SSSR count). The van der Waals surface area contributed by atoms with Crippen molar-refractivity contribution >= 4 is 24.1 Å². The van der Waals surface area contributed by atoms with Crippen LogP contribution in [-0.2, 0) is 32.9 Å². The molecule has 0 saturated carbocycles. The molecule has 22 heavy (non-hydrogen) atoms. The molecular weight excluding hydrogens is 304 g/mol. The minimum absolute atomic E-state index is 0. The highest BCUT2D eigenvalue weighted by atomic mass is 35.5. The molecule has 2 aromatic heterocycles. The van der Waals surface area contributed by atoms with Crippen LogP contribution < -0.4 is 10.6 Å². The molecule has 3 heterocycles. The second-order valence-corrected chi connectivity index (χ2v) is 5.66. The molecule has 3 N–H and O–H groups in total. The van der Waals surface area contributed by atoms with Crippen LogP contribution in [-0.4, -0.2) is 32.4 Å². The van der Waals surface area contributed by atoms with Gasteiger partial charge in [0, 0.05) is 43.4 Å². The van der Waals surface area contributed by atoms with E-state index in [1.54, 1.807) is 4.68 Å². The molecule has 2 aromatic rings. The van der Waals surface area contributed by atoms with E-state index >= 15 is 0 Å². The molecular formula is C14H19ClN6O. The summed E-state index contributed by atoms with van der Waals surface area (Å²) < 4.78 is 1.76. The fraction of sp³-hybridized carbons (Fsp3) is 0.500. The molecule has 1 aliphatic heterocycles. The molecule has 1 amide bonds. The number of nitrogens with zero attached hydrogens (tertiary/aromatic N) is 3. The number of aryl methyl sites for hydroxylation is 2. The summed E-state index contributed by atoms with van der Waals surface area (Å²) in [5, 5.41) is 17.9. The number of anilines is 1. The highest BCUT2D eigenvalue weighted by Gasteiger charge is 2.25. The van der Waals surface area contributed by atoms with Crippen LogP contribution in [0.2, 0.25) is 0 Å².